The molecule has 2 fully saturated rings. The zero-order valence-electron chi connectivity index (χ0n) is 14.6. The Kier molecular flexibility index (Phi) is 3.80. The monoisotopic (exact) mass is 376 g/mol. The molecular formula is C17H20N4O4S. The third kappa shape index (κ3) is 2.66. The van der Waals surface area contributed by atoms with Crippen molar-refractivity contribution in [2.24, 2.45) is 0 Å². The molecule has 8 nitrogen and oxygen atoms in total. The van der Waals surface area contributed by atoms with Gasteiger partial charge in [0.1, 0.15) is 11.3 Å². The summed E-state index contributed by atoms with van der Waals surface area (Å²) in [5.74, 6) is -0.652. The molecule has 2 saturated heterocycles. The zero-order valence-corrected chi connectivity index (χ0v) is 15.4. The number of pyridine rings is 1. The van der Waals surface area contributed by atoms with E-state index in [0.717, 1.165) is 5.69 Å². The Morgan fingerprint density at radius 3 is 2.42 bits per heavy atom. The van der Waals surface area contributed by atoms with Crippen LogP contribution in [0.3, 0.4) is 0 Å². The lowest BCUT2D eigenvalue weighted by atomic mass is 10.0. The number of piperazine rings is 1. The standard InChI is InChI=1S/C17H20N4O4S/c1-11-4-3-5-16-18-13(8-21(11)16)17(23)20-7-6-19(12(2)22)14-9-26(24,25)10-15(14)20/h3-5,8,14-15H,6-7,9-10H2,1-2H3/t14-,15+/m1/s1. The van der Waals surface area contributed by atoms with Gasteiger partial charge in [-0.05, 0) is 19.1 Å². The molecular weight excluding hydrogens is 356 g/mol. The minimum Gasteiger partial charge on any atom is -0.335 e. The number of rotatable bonds is 1. The normalized spacial score (nSPS) is 24.7. The summed E-state index contributed by atoms with van der Waals surface area (Å²) in [6, 6.07) is 4.62. The summed E-state index contributed by atoms with van der Waals surface area (Å²) < 4.78 is 26.2. The SMILES string of the molecule is CC(=O)N1CCN(C(=O)c2cn3c(C)cccc3n2)[C@H]2CS(=O)(=O)C[C@H]21. The van der Waals surface area contributed by atoms with Crippen molar-refractivity contribution < 1.29 is 18.0 Å². The number of carbonyl (C=O) groups is 2. The van der Waals surface area contributed by atoms with Crippen molar-refractivity contribution in [2.75, 3.05) is 24.6 Å². The summed E-state index contributed by atoms with van der Waals surface area (Å²) in [6.45, 7) is 4.00. The van der Waals surface area contributed by atoms with Gasteiger partial charge in [-0.25, -0.2) is 13.4 Å². The van der Waals surface area contributed by atoms with E-state index in [1.165, 1.54) is 6.92 Å². The minimum absolute atomic E-state index is 0.0920. The molecule has 2 aliphatic rings. The van der Waals surface area contributed by atoms with Gasteiger partial charge in [-0.3, -0.25) is 9.59 Å². The Balaban J connectivity index is 1.69. The molecule has 0 aliphatic carbocycles. The van der Waals surface area contributed by atoms with Gasteiger partial charge < -0.3 is 14.2 Å². The van der Waals surface area contributed by atoms with Crippen LogP contribution in [0.5, 0.6) is 0 Å². The minimum atomic E-state index is -3.29. The maximum Gasteiger partial charge on any atom is 0.274 e. The van der Waals surface area contributed by atoms with Gasteiger partial charge in [0.2, 0.25) is 5.91 Å². The van der Waals surface area contributed by atoms with Crippen molar-refractivity contribution in [2.45, 2.75) is 25.9 Å². The van der Waals surface area contributed by atoms with E-state index in [0.29, 0.717) is 24.4 Å². The number of sulfone groups is 1. The Hall–Kier alpha value is -2.42. The zero-order chi connectivity index (χ0) is 18.6. The third-order valence-corrected chi connectivity index (χ3v) is 6.96. The van der Waals surface area contributed by atoms with Gasteiger partial charge in [-0.1, -0.05) is 6.07 Å². The number of nitrogens with zero attached hydrogens (tertiary/aromatic N) is 4. The molecule has 0 aromatic carbocycles. The predicted molar refractivity (Wildman–Crippen MR) is 94.6 cm³/mol. The summed E-state index contributed by atoms with van der Waals surface area (Å²) in [5.41, 5.74) is 1.92. The van der Waals surface area contributed by atoms with Crippen molar-refractivity contribution in [3.05, 3.63) is 35.8 Å². The van der Waals surface area contributed by atoms with Crippen LogP contribution in [0.2, 0.25) is 0 Å². The van der Waals surface area contributed by atoms with Crippen LogP contribution in [0.25, 0.3) is 5.65 Å². The van der Waals surface area contributed by atoms with Gasteiger partial charge >= 0.3 is 0 Å². The number of hydrogen-bond acceptors (Lipinski definition) is 5. The second-order valence-electron chi connectivity index (χ2n) is 6.94. The molecule has 2 aromatic heterocycles. The van der Waals surface area contributed by atoms with Crippen LogP contribution >= 0.6 is 0 Å². The highest BCUT2D eigenvalue weighted by molar-refractivity contribution is 7.91. The van der Waals surface area contributed by atoms with Gasteiger partial charge in [0.25, 0.3) is 5.91 Å². The fraction of sp³-hybridized carbons (Fsp3) is 0.471. The van der Waals surface area contributed by atoms with E-state index in [-0.39, 0.29) is 23.3 Å². The molecule has 138 valence electrons. The molecule has 26 heavy (non-hydrogen) atoms. The smallest absolute Gasteiger partial charge is 0.274 e. The number of hydrogen-bond donors (Lipinski definition) is 0. The Morgan fingerprint density at radius 2 is 1.77 bits per heavy atom. The van der Waals surface area contributed by atoms with Crippen molar-refractivity contribution >= 4 is 27.3 Å². The second kappa shape index (κ2) is 5.80. The molecule has 0 saturated carbocycles. The molecule has 0 bridgehead atoms. The average Bonchev–Trinajstić information content (AvgIpc) is 3.13. The van der Waals surface area contributed by atoms with Gasteiger partial charge in [-0.15, -0.1) is 0 Å². The number of imidazole rings is 1. The summed E-state index contributed by atoms with van der Waals surface area (Å²) in [6.07, 6.45) is 1.68. The van der Waals surface area contributed by atoms with Crippen LogP contribution in [0.15, 0.2) is 24.4 Å². The Labute approximate surface area is 151 Å². The van der Waals surface area contributed by atoms with Crippen LogP contribution in [0.1, 0.15) is 23.1 Å². The lowest BCUT2D eigenvalue weighted by Crippen LogP contribution is -2.61. The molecule has 4 rings (SSSR count). The van der Waals surface area contributed by atoms with Crippen LogP contribution in [-0.4, -0.2) is 76.1 Å². The van der Waals surface area contributed by atoms with E-state index in [1.807, 2.05) is 29.5 Å². The van der Waals surface area contributed by atoms with Crippen LogP contribution < -0.4 is 0 Å². The van der Waals surface area contributed by atoms with E-state index < -0.39 is 21.9 Å². The first-order valence-electron chi connectivity index (χ1n) is 8.50. The highest BCUT2D eigenvalue weighted by Gasteiger charge is 2.49. The topological polar surface area (TPSA) is 92.1 Å². The highest BCUT2D eigenvalue weighted by atomic mass is 32.2. The van der Waals surface area contributed by atoms with Gasteiger partial charge in [0, 0.05) is 31.9 Å². The first kappa shape index (κ1) is 17.0. The van der Waals surface area contributed by atoms with E-state index in [9.17, 15) is 18.0 Å². The lowest BCUT2D eigenvalue weighted by molar-refractivity contribution is -0.133. The predicted octanol–water partition coefficient (Wildman–Crippen LogP) is 0.113. The van der Waals surface area contributed by atoms with E-state index in [1.54, 1.807) is 16.0 Å². The highest BCUT2D eigenvalue weighted by Crippen LogP contribution is 2.28. The van der Waals surface area contributed by atoms with Crippen LogP contribution in [-0.2, 0) is 14.6 Å². The van der Waals surface area contributed by atoms with Crippen molar-refractivity contribution in [1.82, 2.24) is 19.2 Å². The van der Waals surface area contributed by atoms with E-state index >= 15 is 0 Å². The molecule has 2 aliphatic heterocycles. The molecule has 9 heteroatoms. The first-order valence-corrected chi connectivity index (χ1v) is 10.3. The fourth-order valence-corrected chi connectivity index (χ4v) is 5.98. The fourth-order valence-electron chi connectivity index (χ4n) is 3.99. The molecule has 2 aromatic rings. The van der Waals surface area contributed by atoms with E-state index in [2.05, 4.69) is 4.98 Å². The molecule has 2 atom stereocenters. The molecule has 0 radical (unpaired) electrons. The molecule has 0 spiro atoms. The molecule has 0 N–H and O–H groups in total. The maximum absolute atomic E-state index is 13.1. The number of fused-ring (bicyclic) bond motifs is 2. The maximum atomic E-state index is 13.1. The first-order chi connectivity index (χ1) is 12.3. The Morgan fingerprint density at radius 1 is 1.12 bits per heavy atom. The second-order valence-corrected chi connectivity index (χ2v) is 9.10. The van der Waals surface area contributed by atoms with Crippen LogP contribution in [0, 0.1) is 6.92 Å². The van der Waals surface area contributed by atoms with E-state index in [4.69, 9.17) is 0 Å². The van der Waals surface area contributed by atoms with Gasteiger partial charge in [0.05, 0.1) is 23.6 Å². The summed E-state index contributed by atoms with van der Waals surface area (Å²) >= 11 is 0. The largest absolute Gasteiger partial charge is 0.335 e. The quantitative estimate of drug-likeness (QED) is 0.705. The average molecular weight is 376 g/mol. The Bertz CT molecular complexity index is 1010. The van der Waals surface area contributed by atoms with Crippen molar-refractivity contribution in [3.8, 4) is 0 Å². The van der Waals surface area contributed by atoms with Gasteiger partial charge in [0.15, 0.2) is 9.84 Å². The van der Waals surface area contributed by atoms with Crippen molar-refractivity contribution in [1.29, 1.82) is 0 Å². The summed E-state index contributed by atoms with van der Waals surface area (Å²) in [7, 11) is -3.29. The number of carbonyl (C=O) groups excluding carboxylic acids is 2. The molecule has 4 heterocycles. The van der Waals surface area contributed by atoms with Crippen LogP contribution in [0.4, 0.5) is 0 Å². The third-order valence-electron chi connectivity index (χ3n) is 5.26. The number of amides is 2. The van der Waals surface area contributed by atoms with Crippen molar-refractivity contribution in [3.63, 3.8) is 0 Å². The number of aromatic nitrogens is 2. The lowest BCUT2D eigenvalue weighted by Gasteiger charge is -2.43. The summed E-state index contributed by atoms with van der Waals surface area (Å²) in [4.78, 5) is 32.5. The van der Waals surface area contributed by atoms with Gasteiger partial charge in [-0.2, -0.15) is 0 Å². The molecule has 0 unspecified atom stereocenters. The summed E-state index contributed by atoms with van der Waals surface area (Å²) in [5, 5.41) is 0. The number of aryl methyl sites for hydroxylation is 1. The molecule has 2 amide bonds.